The molecule has 2 aromatic heterocycles. The quantitative estimate of drug-likeness (QED) is 0.654. The molecule has 2 aromatic rings. The number of aromatic nitrogens is 1. The van der Waals surface area contributed by atoms with Crippen molar-refractivity contribution in [3.05, 3.63) is 44.6 Å². The molecular formula is C10H8BrIN2O. The van der Waals surface area contributed by atoms with E-state index in [0.717, 1.165) is 19.8 Å². The number of nitrogens with one attached hydrogen (secondary N) is 1. The van der Waals surface area contributed by atoms with Gasteiger partial charge in [-0.05, 0) is 62.8 Å². The highest BCUT2D eigenvalue weighted by atomic mass is 127. The largest absolute Gasteiger partial charge is 0.454 e. The van der Waals surface area contributed by atoms with E-state index in [1.165, 1.54) is 0 Å². The molecule has 0 aliphatic heterocycles. The summed E-state index contributed by atoms with van der Waals surface area (Å²) in [6.07, 6.45) is 1.74. The number of pyridine rings is 1. The van der Waals surface area contributed by atoms with Gasteiger partial charge in [0.1, 0.15) is 10.4 Å². The molecule has 0 fully saturated rings. The summed E-state index contributed by atoms with van der Waals surface area (Å²) < 4.78 is 7.14. The average molecular weight is 379 g/mol. The van der Waals surface area contributed by atoms with Crippen LogP contribution in [0.2, 0.25) is 0 Å². The Balaban J connectivity index is 2.02. The molecule has 5 heteroatoms. The lowest BCUT2D eigenvalue weighted by atomic mass is 10.4. The minimum Gasteiger partial charge on any atom is -0.454 e. The third kappa shape index (κ3) is 2.94. The van der Waals surface area contributed by atoms with Crippen LogP contribution >= 0.6 is 38.5 Å². The van der Waals surface area contributed by atoms with E-state index in [2.05, 4.69) is 48.8 Å². The zero-order valence-electron chi connectivity index (χ0n) is 7.71. The fraction of sp³-hybridized carbons (Fsp3) is 0.100. The Bertz CT molecular complexity index is 458. The Hall–Kier alpha value is -0.560. The molecule has 0 spiro atoms. The van der Waals surface area contributed by atoms with Crippen LogP contribution in [0, 0.1) is 3.77 Å². The van der Waals surface area contributed by atoms with Crippen LogP contribution in [0.15, 0.2) is 39.5 Å². The molecule has 0 atom stereocenters. The van der Waals surface area contributed by atoms with E-state index in [0.29, 0.717) is 6.54 Å². The second-order valence-electron chi connectivity index (χ2n) is 2.90. The second kappa shape index (κ2) is 4.98. The smallest absolute Gasteiger partial charge is 0.164 e. The Labute approximate surface area is 110 Å². The fourth-order valence-electron chi connectivity index (χ4n) is 1.15. The van der Waals surface area contributed by atoms with E-state index < -0.39 is 0 Å². The number of halogens is 2. The van der Waals surface area contributed by atoms with Crippen molar-refractivity contribution < 1.29 is 4.42 Å². The van der Waals surface area contributed by atoms with Crippen LogP contribution in [-0.4, -0.2) is 4.98 Å². The molecule has 0 aromatic carbocycles. The van der Waals surface area contributed by atoms with Crippen LogP contribution in [0.4, 0.5) is 5.69 Å². The van der Waals surface area contributed by atoms with Gasteiger partial charge in [-0.3, -0.25) is 0 Å². The van der Waals surface area contributed by atoms with E-state index in [-0.39, 0.29) is 0 Å². The van der Waals surface area contributed by atoms with E-state index >= 15 is 0 Å². The van der Waals surface area contributed by atoms with Crippen molar-refractivity contribution in [1.29, 1.82) is 0 Å². The van der Waals surface area contributed by atoms with Crippen LogP contribution < -0.4 is 5.32 Å². The van der Waals surface area contributed by atoms with Crippen molar-refractivity contribution in [1.82, 2.24) is 4.98 Å². The molecule has 0 saturated heterocycles. The number of furan rings is 1. The minimum atomic E-state index is 0.660. The van der Waals surface area contributed by atoms with Gasteiger partial charge in [-0.2, -0.15) is 0 Å². The molecule has 0 aliphatic rings. The van der Waals surface area contributed by atoms with Crippen molar-refractivity contribution in [2.45, 2.75) is 6.54 Å². The van der Waals surface area contributed by atoms with Crippen molar-refractivity contribution in [3.8, 4) is 0 Å². The molecule has 78 valence electrons. The topological polar surface area (TPSA) is 38.1 Å². The van der Waals surface area contributed by atoms with E-state index in [4.69, 9.17) is 4.42 Å². The summed E-state index contributed by atoms with van der Waals surface area (Å²) in [5.74, 6) is 0.912. The molecular weight excluding hydrogens is 371 g/mol. The predicted octanol–water partition coefficient (Wildman–Crippen LogP) is 3.65. The van der Waals surface area contributed by atoms with E-state index in [1.807, 2.05) is 24.3 Å². The van der Waals surface area contributed by atoms with Crippen LogP contribution in [0.3, 0.4) is 0 Å². The minimum absolute atomic E-state index is 0.660. The molecule has 1 N–H and O–H groups in total. The third-order valence-corrected chi connectivity index (χ3v) is 3.05. The lowest BCUT2D eigenvalue weighted by Gasteiger charge is -2.05. The van der Waals surface area contributed by atoms with Gasteiger partial charge in [0.15, 0.2) is 3.77 Å². The van der Waals surface area contributed by atoms with Gasteiger partial charge in [0.2, 0.25) is 0 Å². The zero-order valence-corrected chi connectivity index (χ0v) is 11.4. The Morgan fingerprint density at radius 2 is 2.27 bits per heavy atom. The molecule has 0 radical (unpaired) electrons. The fourth-order valence-corrected chi connectivity index (χ4v) is 2.00. The van der Waals surface area contributed by atoms with Gasteiger partial charge >= 0.3 is 0 Å². The summed E-state index contributed by atoms with van der Waals surface area (Å²) >= 11 is 5.51. The first-order valence-corrected chi connectivity index (χ1v) is 6.21. The van der Waals surface area contributed by atoms with Crippen molar-refractivity contribution in [2.75, 3.05) is 5.32 Å². The Morgan fingerprint density at radius 1 is 1.40 bits per heavy atom. The van der Waals surface area contributed by atoms with Gasteiger partial charge in [0.25, 0.3) is 0 Å². The zero-order chi connectivity index (χ0) is 10.7. The summed E-state index contributed by atoms with van der Waals surface area (Å²) in [5, 5.41) is 3.24. The summed E-state index contributed by atoms with van der Waals surface area (Å²) in [5.41, 5.74) is 0.962. The maximum Gasteiger partial charge on any atom is 0.164 e. The van der Waals surface area contributed by atoms with Crippen LogP contribution in [0.1, 0.15) is 5.76 Å². The SMILES string of the molecule is Brc1ncccc1NCc1ccc(I)o1. The number of rotatable bonds is 3. The van der Waals surface area contributed by atoms with Gasteiger partial charge in [-0.25, -0.2) is 4.98 Å². The summed E-state index contributed by atoms with van der Waals surface area (Å²) in [6, 6.07) is 7.75. The van der Waals surface area contributed by atoms with E-state index in [9.17, 15) is 0 Å². The normalized spacial score (nSPS) is 10.3. The predicted molar refractivity (Wildman–Crippen MR) is 70.7 cm³/mol. The molecule has 0 amide bonds. The lowest BCUT2D eigenvalue weighted by molar-refractivity contribution is 0.493. The standard InChI is InChI=1S/C10H8BrIN2O/c11-10-8(2-1-5-13-10)14-6-7-3-4-9(12)15-7/h1-5,14H,6H2. The first-order valence-electron chi connectivity index (χ1n) is 4.34. The molecule has 0 unspecified atom stereocenters. The van der Waals surface area contributed by atoms with Crippen molar-refractivity contribution in [3.63, 3.8) is 0 Å². The van der Waals surface area contributed by atoms with Gasteiger partial charge in [-0.15, -0.1) is 0 Å². The maximum absolute atomic E-state index is 5.43. The number of hydrogen-bond acceptors (Lipinski definition) is 3. The Morgan fingerprint density at radius 3 is 2.93 bits per heavy atom. The van der Waals surface area contributed by atoms with Crippen LogP contribution in [0.25, 0.3) is 0 Å². The van der Waals surface area contributed by atoms with Crippen LogP contribution in [0.5, 0.6) is 0 Å². The third-order valence-electron chi connectivity index (χ3n) is 1.84. The highest BCUT2D eigenvalue weighted by molar-refractivity contribution is 14.1. The van der Waals surface area contributed by atoms with Gasteiger partial charge in [-0.1, -0.05) is 0 Å². The second-order valence-corrected chi connectivity index (χ2v) is 4.72. The first kappa shape index (κ1) is 10.9. The molecule has 0 saturated carbocycles. The molecule has 2 heterocycles. The van der Waals surface area contributed by atoms with Crippen molar-refractivity contribution >= 4 is 44.2 Å². The monoisotopic (exact) mass is 378 g/mol. The number of hydrogen-bond donors (Lipinski definition) is 1. The molecule has 0 bridgehead atoms. The molecule has 15 heavy (non-hydrogen) atoms. The lowest BCUT2D eigenvalue weighted by Crippen LogP contribution is -1.99. The Kier molecular flexibility index (Phi) is 3.63. The van der Waals surface area contributed by atoms with Gasteiger partial charge < -0.3 is 9.73 Å². The highest BCUT2D eigenvalue weighted by Crippen LogP contribution is 2.19. The first-order chi connectivity index (χ1) is 7.25. The molecule has 0 aliphatic carbocycles. The summed E-state index contributed by atoms with van der Waals surface area (Å²) in [7, 11) is 0. The van der Waals surface area contributed by atoms with Gasteiger partial charge in [0, 0.05) is 6.20 Å². The highest BCUT2D eigenvalue weighted by Gasteiger charge is 2.01. The van der Waals surface area contributed by atoms with E-state index in [1.54, 1.807) is 6.20 Å². The molecule has 2 rings (SSSR count). The van der Waals surface area contributed by atoms with Crippen LogP contribution in [-0.2, 0) is 6.54 Å². The maximum atomic E-state index is 5.43. The summed E-state index contributed by atoms with van der Waals surface area (Å²) in [6.45, 7) is 0.660. The average Bonchev–Trinajstić information content (AvgIpc) is 2.63. The number of anilines is 1. The van der Waals surface area contributed by atoms with Crippen molar-refractivity contribution in [2.24, 2.45) is 0 Å². The molecule has 3 nitrogen and oxygen atoms in total. The summed E-state index contributed by atoms with van der Waals surface area (Å²) in [4.78, 5) is 4.12. The number of nitrogens with zero attached hydrogens (tertiary/aromatic N) is 1. The van der Waals surface area contributed by atoms with Gasteiger partial charge in [0.05, 0.1) is 12.2 Å².